The van der Waals surface area contributed by atoms with Crippen molar-refractivity contribution in [2.24, 2.45) is 5.92 Å². The molecule has 0 aliphatic carbocycles. The van der Waals surface area contributed by atoms with E-state index < -0.39 is 0 Å². The molecule has 1 aliphatic rings. The summed E-state index contributed by atoms with van der Waals surface area (Å²) >= 11 is 0. The number of carbonyl (C=O) groups is 2. The van der Waals surface area contributed by atoms with Gasteiger partial charge in [0, 0.05) is 32.6 Å². The number of rotatable bonds is 4. The number of benzene rings is 1. The van der Waals surface area contributed by atoms with E-state index in [1.807, 2.05) is 0 Å². The van der Waals surface area contributed by atoms with Crippen LogP contribution in [0.5, 0.6) is 0 Å². The Morgan fingerprint density at radius 1 is 1.20 bits per heavy atom. The monoisotopic (exact) mass is 344 g/mol. The summed E-state index contributed by atoms with van der Waals surface area (Å²) in [7, 11) is 1.76. The van der Waals surface area contributed by atoms with E-state index in [0.717, 1.165) is 5.56 Å². The van der Waals surface area contributed by atoms with Gasteiger partial charge in [0.15, 0.2) is 0 Å². The first kappa shape index (κ1) is 17.2. The highest BCUT2D eigenvalue weighted by Gasteiger charge is 2.29. The topological polar surface area (TPSA) is 53.8 Å². The SMILES string of the molecule is CN(Cc1ccc(F)cc1)C(=O)C1CCN(C(=O)c2ccoc2)CC1. The number of carbonyl (C=O) groups excluding carboxylic acids is 2. The molecule has 0 bridgehead atoms. The molecule has 0 unspecified atom stereocenters. The van der Waals surface area contributed by atoms with Crippen molar-refractivity contribution in [3.05, 3.63) is 59.8 Å². The Balaban J connectivity index is 1.52. The highest BCUT2D eigenvalue weighted by atomic mass is 19.1. The minimum absolute atomic E-state index is 0.0562. The molecular formula is C19H21FN2O3. The fraction of sp³-hybridized carbons (Fsp3) is 0.368. The van der Waals surface area contributed by atoms with Crippen molar-refractivity contribution in [2.45, 2.75) is 19.4 Å². The van der Waals surface area contributed by atoms with Crippen LogP contribution in [0.1, 0.15) is 28.8 Å². The normalized spacial score (nSPS) is 15.2. The van der Waals surface area contributed by atoms with Crippen LogP contribution in [0, 0.1) is 11.7 Å². The van der Waals surface area contributed by atoms with Crippen LogP contribution in [0.15, 0.2) is 47.3 Å². The van der Waals surface area contributed by atoms with Crippen LogP contribution in [-0.4, -0.2) is 41.8 Å². The third kappa shape index (κ3) is 4.07. The molecule has 0 spiro atoms. The van der Waals surface area contributed by atoms with Gasteiger partial charge >= 0.3 is 0 Å². The number of likely N-dealkylation sites (tertiary alicyclic amines) is 1. The highest BCUT2D eigenvalue weighted by Crippen LogP contribution is 2.22. The lowest BCUT2D eigenvalue weighted by Crippen LogP contribution is -2.43. The van der Waals surface area contributed by atoms with Gasteiger partial charge in [-0.05, 0) is 36.6 Å². The van der Waals surface area contributed by atoms with E-state index in [4.69, 9.17) is 4.42 Å². The molecule has 1 fully saturated rings. The number of hydrogen-bond acceptors (Lipinski definition) is 3. The van der Waals surface area contributed by atoms with E-state index in [-0.39, 0.29) is 23.5 Å². The van der Waals surface area contributed by atoms with Crippen molar-refractivity contribution in [3.63, 3.8) is 0 Å². The number of halogens is 1. The number of furan rings is 1. The Bertz CT molecular complexity index is 720. The van der Waals surface area contributed by atoms with E-state index in [2.05, 4.69) is 0 Å². The van der Waals surface area contributed by atoms with Crippen molar-refractivity contribution in [1.29, 1.82) is 0 Å². The summed E-state index contributed by atoms with van der Waals surface area (Å²) in [4.78, 5) is 28.3. The maximum atomic E-state index is 13.0. The minimum Gasteiger partial charge on any atom is -0.472 e. The van der Waals surface area contributed by atoms with Crippen LogP contribution in [0.2, 0.25) is 0 Å². The van der Waals surface area contributed by atoms with Gasteiger partial charge in [0.2, 0.25) is 5.91 Å². The Morgan fingerprint density at radius 3 is 2.48 bits per heavy atom. The van der Waals surface area contributed by atoms with Gasteiger partial charge in [-0.25, -0.2) is 4.39 Å². The molecule has 1 saturated heterocycles. The van der Waals surface area contributed by atoms with Crippen molar-refractivity contribution in [3.8, 4) is 0 Å². The lowest BCUT2D eigenvalue weighted by Gasteiger charge is -2.33. The molecule has 1 aromatic carbocycles. The molecule has 0 atom stereocenters. The van der Waals surface area contributed by atoms with Crippen molar-refractivity contribution < 1.29 is 18.4 Å². The molecule has 0 N–H and O–H groups in total. The van der Waals surface area contributed by atoms with Crippen molar-refractivity contribution >= 4 is 11.8 Å². The summed E-state index contributed by atoms with van der Waals surface area (Å²) in [6.07, 6.45) is 4.22. The zero-order valence-corrected chi connectivity index (χ0v) is 14.2. The molecular weight excluding hydrogens is 323 g/mol. The van der Waals surface area contributed by atoms with Crippen LogP contribution in [0.3, 0.4) is 0 Å². The van der Waals surface area contributed by atoms with Crippen LogP contribution >= 0.6 is 0 Å². The maximum Gasteiger partial charge on any atom is 0.257 e. The van der Waals surface area contributed by atoms with E-state index in [1.54, 1.807) is 35.0 Å². The van der Waals surface area contributed by atoms with Crippen LogP contribution in [-0.2, 0) is 11.3 Å². The lowest BCUT2D eigenvalue weighted by atomic mass is 9.95. The van der Waals surface area contributed by atoms with E-state index in [9.17, 15) is 14.0 Å². The first-order valence-electron chi connectivity index (χ1n) is 8.35. The third-order valence-corrected chi connectivity index (χ3v) is 4.61. The average molecular weight is 344 g/mol. The highest BCUT2D eigenvalue weighted by molar-refractivity contribution is 5.94. The Hall–Kier alpha value is -2.63. The van der Waals surface area contributed by atoms with E-state index in [1.165, 1.54) is 24.7 Å². The minimum atomic E-state index is -0.285. The number of piperidine rings is 1. The zero-order valence-electron chi connectivity index (χ0n) is 14.2. The average Bonchev–Trinajstić information content (AvgIpc) is 3.17. The largest absolute Gasteiger partial charge is 0.472 e. The number of amides is 2. The van der Waals surface area contributed by atoms with E-state index >= 15 is 0 Å². The van der Waals surface area contributed by atoms with Gasteiger partial charge in [0.1, 0.15) is 12.1 Å². The fourth-order valence-electron chi connectivity index (χ4n) is 3.15. The van der Waals surface area contributed by atoms with Gasteiger partial charge in [-0.1, -0.05) is 12.1 Å². The molecule has 2 amide bonds. The lowest BCUT2D eigenvalue weighted by molar-refractivity contribution is -0.136. The van der Waals surface area contributed by atoms with Gasteiger partial charge in [0.25, 0.3) is 5.91 Å². The summed E-state index contributed by atoms with van der Waals surface area (Å²) in [5, 5.41) is 0. The molecule has 6 heteroatoms. The molecule has 0 radical (unpaired) electrons. The summed E-state index contributed by atoms with van der Waals surface area (Å²) in [5.74, 6) is -0.356. The van der Waals surface area contributed by atoms with E-state index in [0.29, 0.717) is 38.0 Å². The van der Waals surface area contributed by atoms with Crippen LogP contribution in [0.25, 0.3) is 0 Å². The summed E-state index contributed by atoms with van der Waals surface area (Å²) in [6.45, 7) is 1.57. The molecule has 5 nitrogen and oxygen atoms in total. The first-order chi connectivity index (χ1) is 12.0. The summed E-state index contributed by atoms with van der Waals surface area (Å²) in [6, 6.07) is 7.81. The molecule has 1 aromatic heterocycles. The van der Waals surface area contributed by atoms with Gasteiger partial charge < -0.3 is 14.2 Å². The van der Waals surface area contributed by atoms with Gasteiger partial charge in [-0.3, -0.25) is 9.59 Å². The second-order valence-corrected chi connectivity index (χ2v) is 6.40. The molecule has 132 valence electrons. The Labute approximate surface area is 146 Å². The maximum absolute atomic E-state index is 13.0. The van der Waals surface area contributed by atoms with Crippen LogP contribution in [0.4, 0.5) is 4.39 Å². The second kappa shape index (κ2) is 7.51. The zero-order chi connectivity index (χ0) is 17.8. The quantitative estimate of drug-likeness (QED) is 0.857. The fourth-order valence-corrected chi connectivity index (χ4v) is 3.15. The molecule has 2 aromatic rings. The first-order valence-corrected chi connectivity index (χ1v) is 8.35. The van der Waals surface area contributed by atoms with Crippen LogP contribution < -0.4 is 0 Å². The summed E-state index contributed by atoms with van der Waals surface area (Å²) < 4.78 is 17.9. The molecule has 1 aliphatic heterocycles. The summed E-state index contributed by atoms with van der Waals surface area (Å²) in [5.41, 5.74) is 1.43. The molecule has 0 saturated carbocycles. The van der Waals surface area contributed by atoms with Gasteiger partial charge in [-0.15, -0.1) is 0 Å². The predicted molar refractivity (Wildman–Crippen MR) is 90.2 cm³/mol. The molecule has 2 heterocycles. The Kier molecular flexibility index (Phi) is 5.16. The predicted octanol–water partition coefficient (Wildman–Crippen LogP) is 2.93. The van der Waals surface area contributed by atoms with Gasteiger partial charge in [0.05, 0.1) is 11.8 Å². The smallest absolute Gasteiger partial charge is 0.257 e. The molecule has 25 heavy (non-hydrogen) atoms. The van der Waals surface area contributed by atoms with Crippen molar-refractivity contribution in [2.75, 3.05) is 20.1 Å². The number of hydrogen-bond donors (Lipinski definition) is 0. The molecule has 3 rings (SSSR count). The van der Waals surface area contributed by atoms with Crippen molar-refractivity contribution in [1.82, 2.24) is 9.80 Å². The standard InChI is InChI=1S/C19H21FN2O3/c1-21(12-14-2-4-17(20)5-3-14)18(23)15-6-9-22(10-7-15)19(24)16-8-11-25-13-16/h2-5,8,11,13,15H,6-7,9-10,12H2,1H3. The third-order valence-electron chi connectivity index (χ3n) is 4.61. The number of nitrogens with zero attached hydrogens (tertiary/aromatic N) is 2. The second-order valence-electron chi connectivity index (χ2n) is 6.40. The Morgan fingerprint density at radius 2 is 1.88 bits per heavy atom. The van der Waals surface area contributed by atoms with Gasteiger partial charge in [-0.2, -0.15) is 0 Å².